The van der Waals surface area contributed by atoms with Crippen molar-refractivity contribution in [1.29, 1.82) is 0 Å². The molecular formula is C15H22N2O3. The fourth-order valence-electron chi connectivity index (χ4n) is 2.59. The van der Waals surface area contributed by atoms with Crippen LogP contribution in [0.25, 0.3) is 0 Å². The molecule has 0 saturated carbocycles. The number of likely N-dealkylation sites (tertiary alicyclic amines) is 1. The fraction of sp³-hybridized carbons (Fsp3) is 0.533. The van der Waals surface area contributed by atoms with E-state index >= 15 is 0 Å². The third-order valence-corrected chi connectivity index (χ3v) is 3.63. The van der Waals surface area contributed by atoms with Crippen molar-refractivity contribution in [2.75, 3.05) is 26.2 Å². The van der Waals surface area contributed by atoms with Crippen molar-refractivity contribution in [3.05, 3.63) is 23.8 Å². The maximum atomic E-state index is 12.0. The van der Waals surface area contributed by atoms with E-state index in [1.54, 1.807) is 0 Å². The molecule has 0 bridgehead atoms. The summed E-state index contributed by atoms with van der Waals surface area (Å²) in [6, 6.07) is 4.28. The normalized spacial score (nSPS) is 17.1. The van der Waals surface area contributed by atoms with Gasteiger partial charge in [-0.15, -0.1) is 0 Å². The number of phenolic OH excluding ortho intramolecular Hbond substituents is 2. The van der Waals surface area contributed by atoms with Gasteiger partial charge in [0.1, 0.15) is 17.1 Å². The molecule has 1 unspecified atom stereocenters. The number of amides is 1. The predicted octanol–water partition coefficient (Wildman–Crippen LogP) is 1.56. The van der Waals surface area contributed by atoms with Gasteiger partial charge in [-0.25, -0.2) is 0 Å². The quantitative estimate of drug-likeness (QED) is 0.764. The number of phenols is 2. The van der Waals surface area contributed by atoms with Crippen molar-refractivity contribution >= 4 is 5.91 Å². The lowest BCUT2D eigenvalue weighted by Gasteiger charge is -2.20. The van der Waals surface area contributed by atoms with Crippen LogP contribution in [0, 0.1) is 5.92 Å². The highest BCUT2D eigenvalue weighted by Gasteiger charge is 2.18. The molecule has 1 atom stereocenters. The van der Waals surface area contributed by atoms with E-state index in [0.29, 0.717) is 12.5 Å². The number of carbonyl (C=O) groups is 1. The van der Waals surface area contributed by atoms with E-state index in [1.165, 1.54) is 31.0 Å². The molecule has 110 valence electrons. The monoisotopic (exact) mass is 278 g/mol. The molecule has 1 aromatic carbocycles. The molecule has 1 fully saturated rings. The molecule has 1 aliphatic rings. The molecule has 1 aliphatic heterocycles. The largest absolute Gasteiger partial charge is 0.507 e. The van der Waals surface area contributed by atoms with Gasteiger partial charge in [0.25, 0.3) is 5.91 Å². The summed E-state index contributed by atoms with van der Waals surface area (Å²) in [4.78, 5) is 14.4. The minimum atomic E-state index is -0.436. The first-order chi connectivity index (χ1) is 9.58. The molecule has 0 spiro atoms. The average Bonchev–Trinajstić information content (AvgIpc) is 2.89. The smallest absolute Gasteiger partial charge is 0.258 e. The molecule has 3 N–H and O–H groups in total. The highest BCUT2D eigenvalue weighted by Crippen LogP contribution is 2.25. The first-order valence-corrected chi connectivity index (χ1v) is 7.09. The molecule has 1 amide bonds. The Morgan fingerprint density at radius 2 is 1.90 bits per heavy atom. The Morgan fingerprint density at radius 3 is 2.50 bits per heavy atom. The summed E-state index contributed by atoms with van der Waals surface area (Å²) in [5.74, 6) is -0.497. The second-order valence-corrected chi connectivity index (χ2v) is 5.49. The van der Waals surface area contributed by atoms with Crippen molar-refractivity contribution in [3.8, 4) is 11.5 Å². The zero-order valence-corrected chi connectivity index (χ0v) is 11.8. The van der Waals surface area contributed by atoms with Gasteiger partial charge in [0, 0.05) is 13.1 Å². The zero-order chi connectivity index (χ0) is 14.5. The van der Waals surface area contributed by atoms with Crippen LogP contribution in [0.5, 0.6) is 11.5 Å². The van der Waals surface area contributed by atoms with Gasteiger partial charge in [0.15, 0.2) is 0 Å². The molecule has 1 saturated heterocycles. The molecule has 5 heteroatoms. The van der Waals surface area contributed by atoms with Crippen LogP contribution in [-0.4, -0.2) is 47.2 Å². The minimum Gasteiger partial charge on any atom is -0.507 e. The van der Waals surface area contributed by atoms with E-state index in [9.17, 15) is 15.0 Å². The van der Waals surface area contributed by atoms with Gasteiger partial charge in [-0.2, -0.15) is 0 Å². The van der Waals surface area contributed by atoms with Crippen molar-refractivity contribution in [2.24, 2.45) is 5.92 Å². The Labute approximate surface area is 119 Å². The van der Waals surface area contributed by atoms with Crippen molar-refractivity contribution < 1.29 is 15.0 Å². The average molecular weight is 278 g/mol. The summed E-state index contributed by atoms with van der Waals surface area (Å²) >= 11 is 0. The van der Waals surface area contributed by atoms with Crippen LogP contribution < -0.4 is 5.32 Å². The van der Waals surface area contributed by atoms with E-state index in [0.717, 1.165) is 19.6 Å². The zero-order valence-electron chi connectivity index (χ0n) is 11.8. The Morgan fingerprint density at radius 1 is 1.30 bits per heavy atom. The molecular weight excluding hydrogens is 256 g/mol. The lowest BCUT2D eigenvalue weighted by molar-refractivity contribution is 0.0939. The van der Waals surface area contributed by atoms with E-state index < -0.39 is 5.91 Å². The Hall–Kier alpha value is -1.75. The van der Waals surface area contributed by atoms with Gasteiger partial charge >= 0.3 is 0 Å². The maximum absolute atomic E-state index is 12.0. The highest BCUT2D eigenvalue weighted by molar-refractivity contribution is 5.99. The van der Waals surface area contributed by atoms with Crippen LogP contribution in [0.1, 0.15) is 30.1 Å². The van der Waals surface area contributed by atoms with Crippen molar-refractivity contribution in [1.82, 2.24) is 10.2 Å². The first kappa shape index (κ1) is 14.7. The van der Waals surface area contributed by atoms with Crippen molar-refractivity contribution in [2.45, 2.75) is 19.8 Å². The van der Waals surface area contributed by atoms with Crippen molar-refractivity contribution in [3.63, 3.8) is 0 Å². The Bertz CT molecular complexity index is 450. The number of rotatable bonds is 5. The summed E-state index contributed by atoms with van der Waals surface area (Å²) in [6.45, 7) is 5.86. The second kappa shape index (κ2) is 6.61. The Balaban J connectivity index is 1.85. The van der Waals surface area contributed by atoms with Crippen LogP contribution in [0.15, 0.2) is 18.2 Å². The van der Waals surface area contributed by atoms with E-state index in [4.69, 9.17) is 0 Å². The van der Waals surface area contributed by atoms with Gasteiger partial charge in [0.05, 0.1) is 0 Å². The van der Waals surface area contributed by atoms with Gasteiger partial charge in [-0.3, -0.25) is 4.79 Å². The van der Waals surface area contributed by atoms with Crippen LogP contribution in [0.2, 0.25) is 0 Å². The molecule has 2 rings (SSSR count). The number of benzene rings is 1. The molecule has 20 heavy (non-hydrogen) atoms. The third-order valence-electron chi connectivity index (χ3n) is 3.63. The predicted molar refractivity (Wildman–Crippen MR) is 76.9 cm³/mol. The Kier molecular flexibility index (Phi) is 4.84. The topological polar surface area (TPSA) is 72.8 Å². The number of aromatic hydroxyl groups is 2. The maximum Gasteiger partial charge on any atom is 0.258 e. The van der Waals surface area contributed by atoms with Gasteiger partial charge in [-0.05, 0) is 44.0 Å². The second-order valence-electron chi connectivity index (χ2n) is 5.49. The van der Waals surface area contributed by atoms with E-state index in [1.807, 2.05) is 0 Å². The third kappa shape index (κ3) is 3.63. The number of nitrogens with one attached hydrogen (secondary N) is 1. The summed E-state index contributed by atoms with van der Waals surface area (Å²) in [5.41, 5.74) is -0.0547. The molecule has 5 nitrogen and oxygen atoms in total. The van der Waals surface area contributed by atoms with Gasteiger partial charge < -0.3 is 20.4 Å². The summed E-state index contributed by atoms with van der Waals surface area (Å²) in [5, 5.41) is 22.0. The van der Waals surface area contributed by atoms with Crippen LogP contribution in [0.3, 0.4) is 0 Å². The summed E-state index contributed by atoms with van der Waals surface area (Å²) < 4.78 is 0. The standard InChI is InChI=1S/C15H22N2O3/c1-11(10-17-7-2-3-8-17)9-16-15(20)14-12(18)5-4-6-13(14)19/h4-6,11,18-19H,2-3,7-10H2,1H3,(H,16,20). The summed E-state index contributed by atoms with van der Waals surface area (Å²) in [7, 11) is 0. The van der Waals surface area contributed by atoms with Gasteiger partial charge in [-0.1, -0.05) is 13.0 Å². The molecule has 0 aromatic heterocycles. The SMILES string of the molecule is CC(CNC(=O)c1c(O)cccc1O)CN1CCCC1. The van der Waals surface area contributed by atoms with Crippen LogP contribution in [0.4, 0.5) is 0 Å². The fourth-order valence-corrected chi connectivity index (χ4v) is 2.59. The molecule has 0 aliphatic carbocycles. The van der Waals surface area contributed by atoms with E-state index in [2.05, 4.69) is 17.1 Å². The molecule has 0 radical (unpaired) electrons. The lowest BCUT2D eigenvalue weighted by Crippen LogP contribution is -2.34. The number of hydrogen-bond donors (Lipinski definition) is 3. The lowest BCUT2D eigenvalue weighted by atomic mass is 10.1. The number of nitrogens with zero attached hydrogens (tertiary/aromatic N) is 1. The first-order valence-electron chi connectivity index (χ1n) is 7.09. The molecule has 1 aromatic rings. The number of hydrogen-bond acceptors (Lipinski definition) is 4. The van der Waals surface area contributed by atoms with Crippen LogP contribution >= 0.6 is 0 Å². The highest BCUT2D eigenvalue weighted by atomic mass is 16.3. The van der Waals surface area contributed by atoms with Gasteiger partial charge in [0.2, 0.25) is 0 Å². The molecule has 1 heterocycles. The van der Waals surface area contributed by atoms with E-state index in [-0.39, 0.29) is 17.1 Å². The number of carbonyl (C=O) groups excluding carboxylic acids is 1. The summed E-state index contributed by atoms with van der Waals surface area (Å²) in [6.07, 6.45) is 2.51. The minimum absolute atomic E-state index is 0.0547. The van der Waals surface area contributed by atoms with Crippen LogP contribution in [-0.2, 0) is 0 Å².